The molecular formula is C8H14ClF3O2. The zero-order valence-electron chi connectivity index (χ0n) is 7.78. The summed E-state index contributed by atoms with van der Waals surface area (Å²) in [6.07, 6.45) is -4.88. The van der Waals surface area contributed by atoms with Crippen LogP contribution in [-0.2, 0) is 9.47 Å². The number of halogens is 4. The van der Waals surface area contributed by atoms with Crippen LogP contribution in [0.25, 0.3) is 0 Å². The first kappa shape index (κ1) is 14.0. The average molecular weight is 235 g/mol. The third kappa shape index (κ3) is 12.0. The quantitative estimate of drug-likeness (QED) is 0.475. The van der Waals surface area contributed by atoms with Gasteiger partial charge in [0, 0.05) is 18.9 Å². The van der Waals surface area contributed by atoms with Gasteiger partial charge in [0.25, 0.3) is 0 Å². The number of hydrogen-bond acceptors (Lipinski definition) is 2. The Morgan fingerprint density at radius 1 is 0.929 bits per heavy atom. The second kappa shape index (κ2) is 8.32. The van der Waals surface area contributed by atoms with Gasteiger partial charge < -0.3 is 9.47 Å². The minimum atomic E-state index is -4.08. The van der Waals surface area contributed by atoms with E-state index in [1.807, 2.05) is 0 Å². The van der Waals surface area contributed by atoms with E-state index < -0.39 is 12.6 Å². The molecular weight excluding hydrogens is 221 g/mol. The molecule has 0 N–H and O–H groups in total. The van der Waals surface area contributed by atoms with Gasteiger partial charge in [-0.25, -0.2) is 0 Å². The summed E-state index contributed by atoms with van der Waals surface area (Å²) in [5.41, 5.74) is 0. The molecule has 0 aliphatic carbocycles. The van der Waals surface area contributed by atoms with E-state index in [0.717, 1.165) is 0 Å². The van der Waals surface area contributed by atoms with Gasteiger partial charge in [0.1, 0.15) is 0 Å². The van der Waals surface area contributed by atoms with Gasteiger partial charge in [0.2, 0.25) is 0 Å². The van der Waals surface area contributed by atoms with E-state index in [2.05, 4.69) is 0 Å². The topological polar surface area (TPSA) is 18.5 Å². The van der Waals surface area contributed by atoms with Gasteiger partial charge in [-0.05, 0) is 6.42 Å². The molecule has 0 unspecified atom stereocenters. The van der Waals surface area contributed by atoms with E-state index in [1.165, 1.54) is 0 Å². The maximum atomic E-state index is 11.6. The third-order valence-corrected chi connectivity index (χ3v) is 1.50. The largest absolute Gasteiger partial charge is 0.389 e. The van der Waals surface area contributed by atoms with E-state index in [0.29, 0.717) is 25.7 Å². The smallest absolute Gasteiger partial charge is 0.379 e. The predicted molar refractivity (Wildman–Crippen MR) is 47.6 cm³/mol. The van der Waals surface area contributed by atoms with E-state index in [-0.39, 0.29) is 13.0 Å². The number of rotatable bonds is 8. The lowest BCUT2D eigenvalue weighted by molar-refractivity contribution is -0.138. The van der Waals surface area contributed by atoms with Crippen LogP contribution in [-0.4, -0.2) is 38.5 Å². The molecule has 0 aliphatic heterocycles. The van der Waals surface area contributed by atoms with Gasteiger partial charge in [-0.3, -0.25) is 0 Å². The molecule has 0 aromatic carbocycles. The van der Waals surface area contributed by atoms with Crippen LogP contribution in [0.5, 0.6) is 0 Å². The molecule has 0 radical (unpaired) electrons. The van der Waals surface area contributed by atoms with Crippen LogP contribution < -0.4 is 0 Å². The molecule has 0 aromatic heterocycles. The van der Waals surface area contributed by atoms with Gasteiger partial charge >= 0.3 is 6.18 Å². The van der Waals surface area contributed by atoms with E-state index >= 15 is 0 Å². The van der Waals surface area contributed by atoms with E-state index in [4.69, 9.17) is 21.1 Å². The molecule has 2 nitrogen and oxygen atoms in total. The first-order valence-electron chi connectivity index (χ1n) is 4.34. The molecule has 6 heteroatoms. The van der Waals surface area contributed by atoms with Gasteiger partial charge in [-0.1, -0.05) is 0 Å². The first-order chi connectivity index (χ1) is 6.56. The van der Waals surface area contributed by atoms with Crippen LogP contribution in [0.2, 0.25) is 0 Å². The SMILES string of the molecule is FC(F)(F)CCCOCCOCCCl. The van der Waals surface area contributed by atoms with Crippen LogP contribution in [0.3, 0.4) is 0 Å². The summed E-state index contributed by atoms with van der Waals surface area (Å²) >= 11 is 5.32. The van der Waals surface area contributed by atoms with Crippen LogP contribution in [0, 0.1) is 0 Å². The van der Waals surface area contributed by atoms with Gasteiger partial charge in [-0.2, -0.15) is 13.2 Å². The maximum Gasteiger partial charge on any atom is 0.389 e. The summed E-state index contributed by atoms with van der Waals surface area (Å²) < 4.78 is 44.8. The lowest BCUT2D eigenvalue weighted by Gasteiger charge is -2.06. The molecule has 0 amide bonds. The first-order valence-corrected chi connectivity index (χ1v) is 4.88. The van der Waals surface area contributed by atoms with Crippen molar-refractivity contribution in [3.63, 3.8) is 0 Å². The molecule has 0 heterocycles. The number of ether oxygens (including phenoxy) is 2. The normalized spacial score (nSPS) is 12.0. The molecule has 14 heavy (non-hydrogen) atoms. The lowest BCUT2D eigenvalue weighted by Crippen LogP contribution is -2.11. The zero-order chi connectivity index (χ0) is 10.9. The second-order valence-electron chi connectivity index (χ2n) is 2.63. The highest BCUT2D eigenvalue weighted by molar-refractivity contribution is 6.17. The van der Waals surface area contributed by atoms with Crippen LogP contribution in [0.1, 0.15) is 12.8 Å². The molecule has 0 rings (SSSR count). The van der Waals surface area contributed by atoms with Crippen LogP contribution in [0.4, 0.5) is 13.2 Å². The molecule has 86 valence electrons. The summed E-state index contributed by atoms with van der Waals surface area (Å²) in [6, 6.07) is 0. The summed E-state index contributed by atoms with van der Waals surface area (Å²) in [4.78, 5) is 0. The van der Waals surface area contributed by atoms with Crippen molar-refractivity contribution in [1.82, 2.24) is 0 Å². The third-order valence-electron chi connectivity index (χ3n) is 1.34. The summed E-state index contributed by atoms with van der Waals surface area (Å²) in [5.74, 6) is 0.411. The average Bonchev–Trinajstić information content (AvgIpc) is 2.08. The number of alkyl halides is 4. The minimum Gasteiger partial charge on any atom is -0.379 e. The Balaban J connectivity index is 2.99. The zero-order valence-corrected chi connectivity index (χ0v) is 8.53. The second-order valence-corrected chi connectivity index (χ2v) is 3.01. The van der Waals surface area contributed by atoms with Crippen molar-refractivity contribution in [2.75, 3.05) is 32.3 Å². The van der Waals surface area contributed by atoms with Crippen molar-refractivity contribution >= 4 is 11.6 Å². The fourth-order valence-corrected chi connectivity index (χ4v) is 0.860. The van der Waals surface area contributed by atoms with Gasteiger partial charge in [0.05, 0.1) is 19.8 Å². The lowest BCUT2D eigenvalue weighted by atomic mass is 10.3. The van der Waals surface area contributed by atoms with E-state index in [1.54, 1.807) is 0 Å². The Hall–Kier alpha value is 0. The highest BCUT2D eigenvalue weighted by Gasteiger charge is 2.25. The fraction of sp³-hybridized carbons (Fsp3) is 1.00. The Labute approximate surface area is 86.3 Å². The van der Waals surface area contributed by atoms with Crippen molar-refractivity contribution in [2.24, 2.45) is 0 Å². The predicted octanol–water partition coefficient (Wildman–Crippen LogP) is 2.60. The van der Waals surface area contributed by atoms with Crippen molar-refractivity contribution in [3.8, 4) is 0 Å². The Morgan fingerprint density at radius 3 is 2.00 bits per heavy atom. The molecule has 0 fully saturated rings. The Bertz CT molecular complexity index is 130. The fourth-order valence-electron chi connectivity index (χ4n) is 0.751. The molecule has 0 atom stereocenters. The monoisotopic (exact) mass is 234 g/mol. The summed E-state index contributed by atoms with van der Waals surface area (Å²) in [7, 11) is 0. The van der Waals surface area contributed by atoms with Crippen LogP contribution in [0.15, 0.2) is 0 Å². The van der Waals surface area contributed by atoms with E-state index in [9.17, 15) is 13.2 Å². The van der Waals surface area contributed by atoms with Crippen molar-refractivity contribution in [3.05, 3.63) is 0 Å². The summed E-state index contributed by atoms with van der Waals surface area (Å²) in [6.45, 7) is 1.24. The molecule has 0 saturated heterocycles. The molecule has 0 saturated carbocycles. The van der Waals surface area contributed by atoms with Gasteiger partial charge in [0.15, 0.2) is 0 Å². The van der Waals surface area contributed by atoms with Crippen LogP contribution >= 0.6 is 11.6 Å². The van der Waals surface area contributed by atoms with Crippen molar-refractivity contribution in [2.45, 2.75) is 19.0 Å². The van der Waals surface area contributed by atoms with Crippen molar-refractivity contribution < 1.29 is 22.6 Å². The minimum absolute atomic E-state index is 0.000986. The highest BCUT2D eigenvalue weighted by Crippen LogP contribution is 2.20. The highest BCUT2D eigenvalue weighted by atomic mass is 35.5. The Kier molecular flexibility index (Phi) is 8.32. The van der Waals surface area contributed by atoms with Gasteiger partial charge in [-0.15, -0.1) is 11.6 Å². The molecule has 0 spiro atoms. The number of hydrogen-bond donors (Lipinski definition) is 0. The van der Waals surface area contributed by atoms with Crippen molar-refractivity contribution in [1.29, 1.82) is 0 Å². The summed E-state index contributed by atoms with van der Waals surface area (Å²) in [5, 5.41) is 0. The Morgan fingerprint density at radius 2 is 1.50 bits per heavy atom. The molecule has 0 aromatic rings. The molecule has 0 aliphatic rings. The molecule has 0 bridgehead atoms. The maximum absolute atomic E-state index is 11.6. The standard InChI is InChI=1S/C8H14ClF3O2/c9-3-5-14-7-6-13-4-1-2-8(10,11)12/h1-7H2.